The van der Waals surface area contributed by atoms with Gasteiger partial charge in [0.1, 0.15) is 5.75 Å². The first-order chi connectivity index (χ1) is 13.2. The number of methoxy groups -OCH3 is 1. The van der Waals surface area contributed by atoms with E-state index in [1.54, 1.807) is 29.8 Å². The quantitative estimate of drug-likeness (QED) is 0.508. The van der Waals surface area contributed by atoms with Crippen molar-refractivity contribution >= 4 is 53.4 Å². The molecule has 0 N–H and O–H groups in total. The lowest BCUT2D eigenvalue weighted by molar-refractivity contribution is 0.415. The molecule has 3 heterocycles. The molecule has 1 aliphatic heterocycles. The molecular formula is C20H20N4OS2. The zero-order chi connectivity index (χ0) is 18.4. The van der Waals surface area contributed by atoms with Gasteiger partial charge in [0.2, 0.25) is 0 Å². The average molecular weight is 397 g/mol. The van der Waals surface area contributed by atoms with Gasteiger partial charge in [-0.15, -0.1) is 0 Å². The summed E-state index contributed by atoms with van der Waals surface area (Å²) in [4.78, 5) is 14.4. The highest BCUT2D eigenvalue weighted by atomic mass is 32.1. The second-order valence-corrected chi connectivity index (χ2v) is 8.79. The molecule has 0 spiro atoms. The van der Waals surface area contributed by atoms with Crippen molar-refractivity contribution < 1.29 is 4.74 Å². The lowest BCUT2D eigenvalue weighted by Crippen LogP contribution is -2.46. The number of fused-ring (bicyclic) bond motifs is 2. The Kier molecular flexibility index (Phi) is 4.13. The van der Waals surface area contributed by atoms with Crippen molar-refractivity contribution in [3.05, 3.63) is 42.0 Å². The normalized spacial score (nSPS) is 15.0. The number of thiazole rings is 2. The zero-order valence-electron chi connectivity index (χ0n) is 15.3. The number of ether oxygens (including phenoxy) is 1. The predicted octanol–water partition coefficient (Wildman–Crippen LogP) is 4.55. The van der Waals surface area contributed by atoms with Crippen molar-refractivity contribution in [1.29, 1.82) is 0 Å². The van der Waals surface area contributed by atoms with Gasteiger partial charge < -0.3 is 14.5 Å². The van der Waals surface area contributed by atoms with Crippen LogP contribution in [0.3, 0.4) is 0 Å². The van der Waals surface area contributed by atoms with Crippen molar-refractivity contribution in [2.75, 3.05) is 43.1 Å². The second kappa shape index (κ2) is 6.65. The molecule has 0 unspecified atom stereocenters. The van der Waals surface area contributed by atoms with Gasteiger partial charge in [-0.1, -0.05) is 28.7 Å². The summed E-state index contributed by atoms with van der Waals surface area (Å²) >= 11 is 3.53. The molecule has 1 aliphatic rings. The number of rotatable bonds is 3. The number of benzene rings is 2. The van der Waals surface area contributed by atoms with E-state index in [1.807, 2.05) is 12.1 Å². The van der Waals surface area contributed by atoms with E-state index < -0.39 is 0 Å². The lowest BCUT2D eigenvalue weighted by atomic mass is 10.2. The number of piperazine rings is 1. The summed E-state index contributed by atoms with van der Waals surface area (Å²) in [6.07, 6.45) is 0. The van der Waals surface area contributed by atoms with Crippen molar-refractivity contribution in [2.24, 2.45) is 0 Å². The van der Waals surface area contributed by atoms with Crippen molar-refractivity contribution in [2.45, 2.75) is 6.92 Å². The maximum absolute atomic E-state index is 5.33. The maximum Gasteiger partial charge on any atom is 0.186 e. The van der Waals surface area contributed by atoms with Gasteiger partial charge in [-0.3, -0.25) is 0 Å². The minimum absolute atomic E-state index is 0.883. The fourth-order valence-corrected chi connectivity index (χ4v) is 5.56. The topological polar surface area (TPSA) is 41.5 Å². The molecule has 0 saturated carbocycles. The van der Waals surface area contributed by atoms with Gasteiger partial charge in [0, 0.05) is 26.2 Å². The van der Waals surface area contributed by atoms with Gasteiger partial charge in [-0.25, -0.2) is 9.97 Å². The molecular weight excluding hydrogens is 376 g/mol. The summed E-state index contributed by atoms with van der Waals surface area (Å²) in [6, 6.07) is 12.5. The van der Waals surface area contributed by atoms with E-state index in [2.05, 4.69) is 41.0 Å². The van der Waals surface area contributed by atoms with E-state index in [4.69, 9.17) is 14.7 Å². The van der Waals surface area contributed by atoms with Crippen LogP contribution < -0.4 is 14.5 Å². The summed E-state index contributed by atoms with van der Waals surface area (Å²) in [5, 5.41) is 2.22. The Morgan fingerprint density at radius 3 is 1.96 bits per heavy atom. The van der Waals surface area contributed by atoms with Crippen LogP contribution in [0, 0.1) is 6.92 Å². The minimum Gasteiger partial charge on any atom is -0.497 e. The van der Waals surface area contributed by atoms with Gasteiger partial charge >= 0.3 is 0 Å². The van der Waals surface area contributed by atoms with Crippen LogP contribution >= 0.6 is 22.7 Å². The molecule has 5 nitrogen and oxygen atoms in total. The molecule has 1 saturated heterocycles. The molecule has 2 aromatic carbocycles. The third-order valence-electron chi connectivity index (χ3n) is 4.94. The Morgan fingerprint density at radius 2 is 1.37 bits per heavy atom. The standard InChI is InChI=1S/C20H20N4OS2/c1-13-3-5-15-17(11-13)26-19(21-15)23-7-9-24(10-8-23)20-22-16-6-4-14(25-2)12-18(16)27-20/h3-6,11-12H,7-10H2,1-2H3. The molecule has 0 atom stereocenters. The third kappa shape index (κ3) is 3.11. The Labute approximate surface area is 165 Å². The predicted molar refractivity (Wildman–Crippen MR) is 115 cm³/mol. The first-order valence-electron chi connectivity index (χ1n) is 9.01. The first kappa shape index (κ1) is 16.8. The molecule has 2 aromatic heterocycles. The van der Waals surface area contributed by atoms with Crippen LogP contribution in [-0.4, -0.2) is 43.3 Å². The van der Waals surface area contributed by atoms with E-state index in [9.17, 15) is 0 Å². The zero-order valence-corrected chi connectivity index (χ0v) is 16.9. The summed E-state index contributed by atoms with van der Waals surface area (Å²) < 4.78 is 7.77. The van der Waals surface area contributed by atoms with Gasteiger partial charge in [-0.2, -0.15) is 0 Å². The Balaban J connectivity index is 1.33. The number of hydrogen-bond acceptors (Lipinski definition) is 7. The third-order valence-corrected chi connectivity index (χ3v) is 7.10. The van der Waals surface area contributed by atoms with Crippen LogP contribution in [0.1, 0.15) is 5.56 Å². The smallest absolute Gasteiger partial charge is 0.186 e. The van der Waals surface area contributed by atoms with Crippen LogP contribution in [0.15, 0.2) is 36.4 Å². The van der Waals surface area contributed by atoms with E-state index >= 15 is 0 Å². The molecule has 0 amide bonds. The number of nitrogens with zero attached hydrogens (tertiary/aromatic N) is 4. The first-order valence-corrected chi connectivity index (χ1v) is 10.6. The molecule has 7 heteroatoms. The molecule has 27 heavy (non-hydrogen) atoms. The van der Waals surface area contributed by atoms with Crippen LogP contribution in [-0.2, 0) is 0 Å². The van der Waals surface area contributed by atoms with Crippen LogP contribution in [0.2, 0.25) is 0 Å². The number of hydrogen-bond donors (Lipinski definition) is 0. The number of anilines is 2. The van der Waals surface area contributed by atoms with Crippen LogP contribution in [0.5, 0.6) is 5.75 Å². The fraction of sp³-hybridized carbons (Fsp3) is 0.300. The summed E-state index contributed by atoms with van der Waals surface area (Å²) in [7, 11) is 1.70. The average Bonchev–Trinajstić information content (AvgIpc) is 3.31. The fourth-order valence-electron chi connectivity index (χ4n) is 3.40. The number of aryl methyl sites for hydroxylation is 1. The van der Waals surface area contributed by atoms with Gasteiger partial charge in [0.05, 0.1) is 27.5 Å². The summed E-state index contributed by atoms with van der Waals surface area (Å²) in [5.41, 5.74) is 3.43. The molecule has 0 bridgehead atoms. The molecule has 5 rings (SSSR count). The van der Waals surface area contributed by atoms with E-state index in [1.165, 1.54) is 15.0 Å². The maximum atomic E-state index is 5.33. The van der Waals surface area contributed by atoms with E-state index in [-0.39, 0.29) is 0 Å². The number of aromatic nitrogens is 2. The second-order valence-electron chi connectivity index (χ2n) is 6.77. The van der Waals surface area contributed by atoms with Crippen molar-refractivity contribution in [3.8, 4) is 5.75 Å². The van der Waals surface area contributed by atoms with Crippen LogP contribution in [0.4, 0.5) is 10.3 Å². The summed E-state index contributed by atoms with van der Waals surface area (Å²) in [6.45, 7) is 6.00. The molecule has 0 radical (unpaired) electrons. The largest absolute Gasteiger partial charge is 0.497 e. The highest BCUT2D eigenvalue weighted by Gasteiger charge is 2.22. The molecule has 0 aliphatic carbocycles. The lowest BCUT2D eigenvalue weighted by Gasteiger charge is -2.34. The highest BCUT2D eigenvalue weighted by Crippen LogP contribution is 2.33. The van der Waals surface area contributed by atoms with Gasteiger partial charge in [0.25, 0.3) is 0 Å². The Bertz CT molecular complexity index is 1110. The van der Waals surface area contributed by atoms with Crippen LogP contribution in [0.25, 0.3) is 20.4 Å². The van der Waals surface area contributed by atoms with Crippen molar-refractivity contribution in [1.82, 2.24) is 9.97 Å². The molecule has 4 aromatic rings. The monoisotopic (exact) mass is 396 g/mol. The minimum atomic E-state index is 0.883. The summed E-state index contributed by atoms with van der Waals surface area (Å²) in [5.74, 6) is 0.883. The van der Waals surface area contributed by atoms with Crippen molar-refractivity contribution in [3.63, 3.8) is 0 Å². The SMILES string of the molecule is COc1ccc2nc(N3CCN(c4nc5ccc(C)cc5s4)CC3)sc2c1. The Hall–Kier alpha value is -2.38. The Morgan fingerprint density at radius 1 is 0.815 bits per heavy atom. The van der Waals surface area contributed by atoms with Gasteiger partial charge in [-0.05, 0) is 42.8 Å². The highest BCUT2D eigenvalue weighted by molar-refractivity contribution is 7.22. The molecule has 138 valence electrons. The molecule has 1 fully saturated rings. The van der Waals surface area contributed by atoms with Gasteiger partial charge in [0.15, 0.2) is 10.3 Å². The van der Waals surface area contributed by atoms with E-state index in [0.717, 1.165) is 53.2 Å². The van der Waals surface area contributed by atoms with E-state index in [0.29, 0.717) is 0 Å².